The Morgan fingerprint density at radius 2 is 2.00 bits per heavy atom. The van der Waals surface area contributed by atoms with Gasteiger partial charge in [-0.1, -0.05) is 49.4 Å². The van der Waals surface area contributed by atoms with Gasteiger partial charge >= 0.3 is 5.97 Å². The number of aliphatic hydroxyl groups is 1. The van der Waals surface area contributed by atoms with Gasteiger partial charge in [-0.05, 0) is 37.7 Å². The Kier molecular flexibility index (Phi) is 8.19. The molecule has 5 atom stereocenters. The molecule has 3 saturated heterocycles. The van der Waals surface area contributed by atoms with Gasteiger partial charge in [0.05, 0.1) is 24.7 Å². The highest BCUT2D eigenvalue weighted by Crippen LogP contribution is 2.64. The molecule has 3 fully saturated rings. The maximum Gasteiger partial charge on any atom is 0.312 e. The predicted octanol–water partition coefficient (Wildman–Crippen LogP) is 2.86. The number of ether oxygens (including phenoxy) is 2. The number of nitrogens with zero attached hydrogens (tertiary/aromatic N) is 2. The van der Waals surface area contributed by atoms with Gasteiger partial charge in [-0.15, -0.1) is 13.2 Å². The number of hydrogen-bond donors (Lipinski definition) is 1. The molecule has 1 spiro atoms. The van der Waals surface area contributed by atoms with Gasteiger partial charge in [0.2, 0.25) is 11.8 Å². The van der Waals surface area contributed by atoms with Crippen molar-refractivity contribution in [2.75, 3.05) is 26.3 Å². The molecule has 3 aliphatic heterocycles. The second-order valence-electron chi connectivity index (χ2n) is 10.2. The summed E-state index contributed by atoms with van der Waals surface area (Å²) in [6.45, 7) is 10.0. The zero-order chi connectivity index (χ0) is 26.6. The molecule has 0 radical (unpaired) electrons. The molecule has 3 aliphatic rings. The Labute approximate surface area is 218 Å². The molecule has 1 aromatic rings. The van der Waals surface area contributed by atoms with Crippen LogP contribution in [0.25, 0.3) is 0 Å². The molecule has 2 bridgehead atoms. The van der Waals surface area contributed by atoms with Crippen LogP contribution in [-0.2, 0) is 30.4 Å². The van der Waals surface area contributed by atoms with E-state index in [0.29, 0.717) is 38.8 Å². The van der Waals surface area contributed by atoms with E-state index >= 15 is 0 Å². The van der Waals surface area contributed by atoms with Crippen LogP contribution in [0, 0.1) is 11.8 Å². The van der Waals surface area contributed by atoms with E-state index < -0.39 is 35.0 Å². The minimum absolute atomic E-state index is 0.00958. The molecule has 8 nitrogen and oxygen atoms in total. The molecule has 0 aromatic heterocycles. The lowest BCUT2D eigenvalue weighted by Gasteiger charge is -2.36. The molecule has 0 aliphatic carbocycles. The highest BCUT2D eigenvalue weighted by Gasteiger charge is 2.79. The summed E-state index contributed by atoms with van der Waals surface area (Å²) in [5.41, 5.74) is -1.03. The number of carbonyl (C=O) groups is 3. The number of esters is 1. The lowest BCUT2D eigenvalue weighted by molar-refractivity contribution is -0.162. The molecule has 200 valence electrons. The number of carbonyl (C=O) groups excluding carboxylic acids is 3. The van der Waals surface area contributed by atoms with Crippen molar-refractivity contribution in [2.45, 2.75) is 62.8 Å². The monoisotopic (exact) mass is 510 g/mol. The van der Waals surface area contributed by atoms with Gasteiger partial charge in [0.25, 0.3) is 0 Å². The van der Waals surface area contributed by atoms with E-state index in [0.717, 1.165) is 12.0 Å². The summed E-state index contributed by atoms with van der Waals surface area (Å²) in [5, 5.41) is 9.81. The van der Waals surface area contributed by atoms with Gasteiger partial charge in [0.15, 0.2) is 0 Å². The molecule has 1 aromatic carbocycles. The van der Waals surface area contributed by atoms with Crippen molar-refractivity contribution in [1.29, 1.82) is 0 Å². The zero-order valence-electron chi connectivity index (χ0n) is 21.6. The van der Waals surface area contributed by atoms with Gasteiger partial charge in [0, 0.05) is 19.6 Å². The molecule has 8 heteroatoms. The van der Waals surface area contributed by atoms with Crippen molar-refractivity contribution >= 4 is 17.8 Å². The number of allylic oxidation sites excluding steroid dienone is 1. The number of likely N-dealkylation sites (tertiary alicyclic amines) is 1. The molecule has 2 unspecified atom stereocenters. The maximum atomic E-state index is 14.2. The summed E-state index contributed by atoms with van der Waals surface area (Å²) in [5.74, 6) is -2.65. The molecular weight excluding hydrogens is 472 g/mol. The van der Waals surface area contributed by atoms with Crippen molar-refractivity contribution in [1.82, 2.24) is 9.80 Å². The fourth-order valence-corrected chi connectivity index (χ4v) is 6.56. The number of rotatable bonds is 13. The molecule has 2 amide bonds. The first kappa shape index (κ1) is 27.1. The van der Waals surface area contributed by atoms with Crippen molar-refractivity contribution in [2.24, 2.45) is 11.8 Å². The van der Waals surface area contributed by atoms with E-state index in [1.54, 1.807) is 17.1 Å². The highest BCUT2D eigenvalue weighted by atomic mass is 16.6. The Bertz CT molecular complexity index is 1030. The number of fused-ring (bicyclic) bond motifs is 1. The number of β-amino-alcohol motifs (C(OH)–C–C–N with tert-alkyl or cyclic N) is 1. The largest absolute Gasteiger partial charge is 0.465 e. The van der Waals surface area contributed by atoms with Crippen LogP contribution in [-0.4, -0.2) is 76.2 Å². The first-order valence-electron chi connectivity index (χ1n) is 13.2. The van der Waals surface area contributed by atoms with Crippen LogP contribution >= 0.6 is 0 Å². The van der Waals surface area contributed by atoms with Crippen LogP contribution in [0.15, 0.2) is 55.6 Å². The molecule has 1 N–H and O–H groups in total. The Hall–Kier alpha value is -2.97. The number of aliphatic hydroxyl groups excluding tert-OH is 1. The SMILES string of the molecule is C=CCCCOC(=O)[C@@H]1[C@H]2C(=O)N(CCO)C(C(=O)N(CC=C)Cc3ccccc3)C23CC[C@@]1(CC)O3. The molecular formula is C29H38N2O6. The minimum Gasteiger partial charge on any atom is -0.465 e. The smallest absolute Gasteiger partial charge is 0.312 e. The van der Waals surface area contributed by atoms with Crippen LogP contribution < -0.4 is 0 Å². The van der Waals surface area contributed by atoms with Gasteiger partial charge < -0.3 is 24.4 Å². The van der Waals surface area contributed by atoms with Gasteiger partial charge in [0.1, 0.15) is 17.6 Å². The Balaban J connectivity index is 1.69. The van der Waals surface area contributed by atoms with Crippen LogP contribution in [0.1, 0.15) is 44.6 Å². The lowest BCUT2D eigenvalue weighted by atomic mass is 9.65. The quantitative estimate of drug-likeness (QED) is 0.249. The average molecular weight is 511 g/mol. The van der Waals surface area contributed by atoms with E-state index in [9.17, 15) is 19.5 Å². The summed E-state index contributed by atoms with van der Waals surface area (Å²) < 4.78 is 12.3. The average Bonchev–Trinajstić information content (AvgIpc) is 3.51. The topological polar surface area (TPSA) is 96.4 Å². The second-order valence-corrected chi connectivity index (χ2v) is 10.2. The van der Waals surface area contributed by atoms with Gasteiger partial charge in [-0.3, -0.25) is 14.4 Å². The highest BCUT2D eigenvalue weighted by molar-refractivity contribution is 5.98. The third-order valence-corrected chi connectivity index (χ3v) is 8.18. The molecule has 0 saturated carbocycles. The fraction of sp³-hybridized carbons (Fsp3) is 0.552. The summed E-state index contributed by atoms with van der Waals surface area (Å²) in [7, 11) is 0. The van der Waals surface area contributed by atoms with Gasteiger partial charge in [-0.2, -0.15) is 0 Å². The van der Waals surface area contributed by atoms with Crippen LogP contribution in [0.4, 0.5) is 0 Å². The van der Waals surface area contributed by atoms with E-state index in [4.69, 9.17) is 9.47 Å². The van der Waals surface area contributed by atoms with E-state index in [-0.39, 0.29) is 31.6 Å². The lowest BCUT2D eigenvalue weighted by Crippen LogP contribution is -2.56. The second kappa shape index (κ2) is 11.2. The number of unbranched alkanes of at least 4 members (excludes halogenated alkanes) is 1. The first-order chi connectivity index (χ1) is 17.9. The number of benzene rings is 1. The van der Waals surface area contributed by atoms with Crippen molar-refractivity contribution < 1.29 is 29.0 Å². The Morgan fingerprint density at radius 3 is 2.65 bits per heavy atom. The molecule has 4 rings (SSSR count). The number of hydrogen-bond acceptors (Lipinski definition) is 6. The van der Waals surface area contributed by atoms with Crippen molar-refractivity contribution in [3.8, 4) is 0 Å². The predicted molar refractivity (Wildman–Crippen MR) is 138 cm³/mol. The summed E-state index contributed by atoms with van der Waals surface area (Å²) in [6.07, 6.45) is 6.39. The van der Waals surface area contributed by atoms with E-state index in [1.807, 2.05) is 37.3 Å². The normalized spacial score (nSPS) is 29.7. The third-order valence-electron chi connectivity index (χ3n) is 8.18. The summed E-state index contributed by atoms with van der Waals surface area (Å²) >= 11 is 0. The summed E-state index contributed by atoms with van der Waals surface area (Å²) in [4.78, 5) is 44.6. The van der Waals surface area contributed by atoms with Gasteiger partial charge in [-0.25, -0.2) is 0 Å². The van der Waals surface area contributed by atoms with E-state index in [1.165, 1.54) is 4.90 Å². The van der Waals surface area contributed by atoms with Crippen molar-refractivity contribution in [3.63, 3.8) is 0 Å². The van der Waals surface area contributed by atoms with Crippen LogP contribution in [0.3, 0.4) is 0 Å². The standard InChI is InChI=1S/C29H38N2O6/c1-4-7-11-19-36-27(35)23-22-25(33)31(17-18-32)24(29(22)15-14-28(23,6-3)37-29)26(34)30(16-5-2)20-21-12-9-8-10-13-21/h4-5,8-10,12-13,22-24,32H,1-2,6-7,11,14-20H2,3H3/t22-,23-,24?,28+,29?/m0/s1. The first-order valence-corrected chi connectivity index (χ1v) is 13.2. The number of amides is 2. The fourth-order valence-electron chi connectivity index (χ4n) is 6.56. The maximum absolute atomic E-state index is 14.2. The van der Waals surface area contributed by atoms with Crippen LogP contribution in [0.2, 0.25) is 0 Å². The minimum atomic E-state index is -1.14. The van der Waals surface area contributed by atoms with Crippen LogP contribution in [0.5, 0.6) is 0 Å². The zero-order valence-corrected chi connectivity index (χ0v) is 21.6. The Morgan fingerprint density at radius 1 is 1.24 bits per heavy atom. The van der Waals surface area contributed by atoms with Crippen molar-refractivity contribution in [3.05, 3.63) is 61.2 Å². The molecule has 3 heterocycles. The van der Waals surface area contributed by atoms with E-state index in [2.05, 4.69) is 13.2 Å². The molecule has 37 heavy (non-hydrogen) atoms. The third kappa shape index (κ3) is 4.61. The summed E-state index contributed by atoms with van der Waals surface area (Å²) in [6, 6.07) is 8.69.